The van der Waals surface area contributed by atoms with E-state index >= 15 is 0 Å². The van der Waals surface area contributed by atoms with Crippen LogP contribution in [0.15, 0.2) is 12.7 Å². The zero-order valence-corrected chi connectivity index (χ0v) is 9.56. The highest BCUT2D eigenvalue weighted by Gasteiger charge is 2.37. The maximum Gasteiger partial charge on any atom is 0.407 e. The second-order valence-corrected chi connectivity index (χ2v) is 4.04. The predicted molar refractivity (Wildman–Crippen MR) is 57.8 cm³/mol. The van der Waals surface area contributed by atoms with E-state index in [0.29, 0.717) is 0 Å². The van der Waals surface area contributed by atoms with Crippen LogP contribution < -0.4 is 5.32 Å². The summed E-state index contributed by atoms with van der Waals surface area (Å²) in [6, 6.07) is -0.301. The van der Waals surface area contributed by atoms with Crippen LogP contribution >= 0.6 is 0 Å². The molecule has 1 aliphatic heterocycles. The van der Waals surface area contributed by atoms with Gasteiger partial charge in [0.15, 0.2) is 0 Å². The molecule has 0 spiro atoms. The summed E-state index contributed by atoms with van der Waals surface area (Å²) in [5.74, 6) is -0.121. The molecule has 0 aliphatic carbocycles. The van der Waals surface area contributed by atoms with Crippen LogP contribution in [-0.2, 0) is 14.3 Å². The number of nitrogens with one attached hydrogen (secondary N) is 1. The highest BCUT2D eigenvalue weighted by atomic mass is 16.6. The van der Waals surface area contributed by atoms with Gasteiger partial charge in [-0.05, 0) is 5.92 Å². The van der Waals surface area contributed by atoms with Crippen molar-refractivity contribution in [1.82, 2.24) is 5.32 Å². The predicted octanol–water partition coefficient (Wildman–Crippen LogP) is 1.24. The maximum atomic E-state index is 11.3. The topological polar surface area (TPSA) is 64.6 Å². The molecule has 0 aromatic rings. The Labute approximate surface area is 94.8 Å². The van der Waals surface area contributed by atoms with Gasteiger partial charge in [-0.25, -0.2) is 4.79 Å². The van der Waals surface area contributed by atoms with E-state index in [2.05, 4.69) is 11.9 Å². The molecule has 16 heavy (non-hydrogen) atoms. The molecule has 5 nitrogen and oxygen atoms in total. The van der Waals surface area contributed by atoms with Gasteiger partial charge in [0.05, 0.1) is 12.5 Å². The number of amides is 1. The Hall–Kier alpha value is -1.52. The van der Waals surface area contributed by atoms with E-state index in [1.165, 1.54) is 6.08 Å². The molecule has 90 valence electrons. The van der Waals surface area contributed by atoms with E-state index in [9.17, 15) is 9.59 Å². The summed E-state index contributed by atoms with van der Waals surface area (Å²) >= 11 is 0. The van der Waals surface area contributed by atoms with Crippen LogP contribution in [0.25, 0.3) is 0 Å². The van der Waals surface area contributed by atoms with Gasteiger partial charge in [-0.2, -0.15) is 0 Å². The first-order chi connectivity index (χ1) is 7.54. The van der Waals surface area contributed by atoms with Crippen molar-refractivity contribution in [2.24, 2.45) is 5.92 Å². The molecule has 0 radical (unpaired) electrons. The van der Waals surface area contributed by atoms with Crippen molar-refractivity contribution in [3.8, 4) is 0 Å². The zero-order chi connectivity index (χ0) is 12.1. The van der Waals surface area contributed by atoms with Gasteiger partial charge in [-0.3, -0.25) is 4.79 Å². The zero-order valence-electron chi connectivity index (χ0n) is 9.56. The van der Waals surface area contributed by atoms with E-state index in [0.717, 1.165) is 0 Å². The molecule has 1 N–H and O–H groups in total. The van der Waals surface area contributed by atoms with E-state index in [4.69, 9.17) is 9.47 Å². The van der Waals surface area contributed by atoms with Gasteiger partial charge in [0, 0.05) is 0 Å². The average Bonchev–Trinajstić information content (AvgIpc) is 2.56. The largest absolute Gasteiger partial charge is 0.460 e. The van der Waals surface area contributed by atoms with E-state index < -0.39 is 6.09 Å². The second-order valence-electron chi connectivity index (χ2n) is 4.04. The molecule has 1 fully saturated rings. The molecular formula is C11H17NO4. The maximum absolute atomic E-state index is 11.3. The standard InChI is InChI=1S/C11H17NO4/c1-4-5-15-11(14)12-8-6-9(13)16-10(8)7(2)3/h4,7-8,10H,1,5-6H2,2-3H3,(H,12,14)/t8-,10?/m0/s1. The first kappa shape index (κ1) is 12.5. The summed E-state index contributed by atoms with van der Waals surface area (Å²) in [5, 5.41) is 2.62. The summed E-state index contributed by atoms with van der Waals surface area (Å²) in [4.78, 5) is 22.4. The van der Waals surface area contributed by atoms with Crippen LogP contribution in [0.5, 0.6) is 0 Å². The summed E-state index contributed by atoms with van der Waals surface area (Å²) in [5.41, 5.74) is 0. The lowest BCUT2D eigenvalue weighted by Crippen LogP contribution is -2.42. The van der Waals surface area contributed by atoms with E-state index in [1.807, 2.05) is 13.8 Å². The molecule has 1 heterocycles. The van der Waals surface area contributed by atoms with Gasteiger partial charge in [0.1, 0.15) is 12.7 Å². The number of cyclic esters (lactones) is 1. The Morgan fingerprint density at radius 2 is 2.44 bits per heavy atom. The van der Waals surface area contributed by atoms with Crippen molar-refractivity contribution < 1.29 is 19.1 Å². The summed E-state index contributed by atoms with van der Waals surface area (Å²) in [6.07, 6.45) is 0.861. The van der Waals surface area contributed by atoms with Crippen LogP contribution in [0.3, 0.4) is 0 Å². The van der Waals surface area contributed by atoms with Crippen molar-refractivity contribution in [2.45, 2.75) is 32.4 Å². The van der Waals surface area contributed by atoms with Crippen molar-refractivity contribution >= 4 is 12.1 Å². The van der Waals surface area contributed by atoms with Gasteiger partial charge < -0.3 is 14.8 Å². The molecule has 2 atom stereocenters. The normalized spacial score (nSPS) is 24.1. The number of hydrogen-bond donors (Lipinski definition) is 1. The van der Waals surface area contributed by atoms with Crippen LogP contribution in [0.4, 0.5) is 4.79 Å². The lowest BCUT2D eigenvalue weighted by molar-refractivity contribution is -0.142. The Kier molecular flexibility index (Phi) is 4.34. The van der Waals surface area contributed by atoms with E-state index in [-0.39, 0.29) is 37.1 Å². The number of carbonyl (C=O) groups is 2. The lowest BCUT2D eigenvalue weighted by atomic mass is 10.00. The second kappa shape index (κ2) is 5.53. The molecule has 1 saturated heterocycles. The van der Waals surface area contributed by atoms with Crippen LogP contribution in [0.2, 0.25) is 0 Å². The third-order valence-corrected chi connectivity index (χ3v) is 2.34. The minimum Gasteiger partial charge on any atom is -0.460 e. The third kappa shape index (κ3) is 3.25. The summed E-state index contributed by atoms with van der Waals surface area (Å²) in [6.45, 7) is 7.46. The number of carbonyl (C=O) groups excluding carboxylic acids is 2. The Morgan fingerprint density at radius 3 is 3.00 bits per heavy atom. The molecule has 1 rings (SSSR count). The quantitative estimate of drug-likeness (QED) is 0.579. The average molecular weight is 227 g/mol. The van der Waals surface area contributed by atoms with Crippen molar-refractivity contribution in [1.29, 1.82) is 0 Å². The van der Waals surface area contributed by atoms with Crippen molar-refractivity contribution in [3.63, 3.8) is 0 Å². The van der Waals surface area contributed by atoms with Gasteiger partial charge in [0.25, 0.3) is 0 Å². The Balaban J connectivity index is 2.48. The fraction of sp³-hybridized carbons (Fsp3) is 0.636. The SMILES string of the molecule is C=CCOC(=O)N[C@H]1CC(=O)OC1C(C)C. The van der Waals surface area contributed by atoms with Gasteiger partial charge in [-0.15, -0.1) is 0 Å². The lowest BCUT2D eigenvalue weighted by Gasteiger charge is -2.21. The number of esters is 1. The number of alkyl carbamates (subject to hydrolysis) is 1. The molecule has 5 heteroatoms. The van der Waals surface area contributed by atoms with Crippen molar-refractivity contribution in [3.05, 3.63) is 12.7 Å². The fourth-order valence-corrected chi connectivity index (χ4v) is 1.64. The first-order valence-electron chi connectivity index (χ1n) is 5.28. The first-order valence-corrected chi connectivity index (χ1v) is 5.28. The number of hydrogen-bond acceptors (Lipinski definition) is 4. The minimum absolute atomic E-state index is 0.152. The molecule has 1 unspecified atom stereocenters. The summed E-state index contributed by atoms with van der Waals surface area (Å²) < 4.78 is 9.89. The van der Waals surface area contributed by atoms with Gasteiger partial charge >= 0.3 is 12.1 Å². The summed E-state index contributed by atoms with van der Waals surface area (Å²) in [7, 11) is 0. The number of rotatable bonds is 4. The van der Waals surface area contributed by atoms with Gasteiger partial charge in [-0.1, -0.05) is 26.5 Å². The van der Waals surface area contributed by atoms with Crippen LogP contribution in [0.1, 0.15) is 20.3 Å². The number of ether oxygens (including phenoxy) is 2. The monoisotopic (exact) mass is 227 g/mol. The fourth-order valence-electron chi connectivity index (χ4n) is 1.64. The minimum atomic E-state index is -0.547. The molecule has 0 aromatic carbocycles. The van der Waals surface area contributed by atoms with Crippen LogP contribution in [-0.4, -0.2) is 30.8 Å². The molecule has 0 saturated carbocycles. The van der Waals surface area contributed by atoms with Crippen molar-refractivity contribution in [2.75, 3.05) is 6.61 Å². The molecule has 1 amide bonds. The third-order valence-electron chi connectivity index (χ3n) is 2.34. The molecule has 0 aromatic heterocycles. The highest BCUT2D eigenvalue weighted by molar-refractivity contribution is 5.75. The smallest absolute Gasteiger partial charge is 0.407 e. The molecular weight excluding hydrogens is 210 g/mol. The molecule has 0 bridgehead atoms. The molecule has 1 aliphatic rings. The van der Waals surface area contributed by atoms with Crippen LogP contribution in [0, 0.1) is 5.92 Å². The Morgan fingerprint density at radius 1 is 1.75 bits per heavy atom. The van der Waals surface area contributed by atoms with Gasteiger partial charge in [0.2, 0.25) is 0 Å². The van der Waals surface area contributed by atoms with E-state index in [1.54, 1.807) is 0 Å². The Bertz CT molecular complexity index is 288. The highest BCUT2D eigenvalue weighted by Crippen LogP contribution is 2.21.